The average molecular weight is 383 g/mol. The molecule has 1 aromatic carbocycles. The number of aromatic nitrogens is 1. The lowest BCUT2D eigenvalue weighted by atomic mass is 9.95. The van der Waals surface area contributed by atoms with Gasteiger partial charge in [-0.15, -0.1) is 0 Å². The summed E-state index contributed by atoms with van der Waals surface area (Å²) in [6, 6.07) is 8.92. The third kappa shape index (κ3) is 4.60. The third-order valence-electron chi connectivity index (χ3n) is 4.97. The Kier molecular flexibility index (Phi) is 6.47. The molecule has 3 rings (SSSR count). The SMILES string of the molecule is COc1ccc(C(=O)N2CCC(C(=O)NCc3cccnc3)CC2)cc1OC. The van der Waals surface area contributed by atoms with Crippen molar-refractivity contribution in [3.05, 3.63) is 53.9 Å². The quantitative estimate of drug-likeness (QED) is 0.828. The van der Waals surface area contributed by atoms with Crippen molar-refractivity contribution in [3.8, 4) is 11.5 Å². The highest BCUT2D eigenvalue weighted by atomic mass is 16.5. The molecular formula is C21H25N3O4. The summed E-state index contributed by atoms with van der Waals surface area (Å²) in [5.41, 5.74) is 1.52. The van der Waals surface area contributed by atoms with Crippen LogP contribution >= 0.6 is 0 Å². The number of carbonyl (C=O) groups is 2. The lowest BCUT2D eigenvalue weighted by Gasteiger charge is -2.31. The van der Waals surface area contributed by atoms with E-state index < -0.39 is 0 Å². The van der Waals surface area contributed by atoms with Crippen LogP contribution in [0.3, 0.4) is 0 Å². The van der Waals surface area contributed by atoms with E-state index in [2.05, 4.69) is 10.3 Å². The van der Waals surface area contributed by atoms with Crippen LogP contribution in [-0.2, 0) is 11.3 Å². The Hall–Kier alpha value is -3.09. The molecule has 1 aliphatic heterocycles. The lowest BCUT2D eigenvalue weighted by molar-refractivity contribution is -0.126. The van der Waals surface area contributed by atoms with Gasteiger partial charge in [-0.3, -0.25) is 14.6 Å². The second-order valence-electron chi connectivity index (χ2n) is 6.72. The second kappa shape index (κ2) is 9.21. The molecule has 7 nitrogen and oxygen atoms in total. The van der Waals surface area contributed by atoms with E-state index in [9.17, 15) is 9.59 Å². The van der Waals surface area contributed by atoms with Crippen LogP contribution < -0.4 is 14.8 Å². The van der Waals surface area contributed by atoms with Gasteiger partial charge in [-0.1, -0.05) is 6.07 Å². The highest BCUT2D eigenvalue weighted by Gasteiger charge is 2.28. The van der Waals surface area contributed by atoms with Gasteiger partial charge in [0.2, 0.25) is 5.91 Å². The van der Waals surface area contributed by atoms with Crippen LogP contribution in [0.1, 0.15) is 28.8 Å². The lowest BCUT2D eigenvalue weighted by Crippen LogP contribution is -2.42. The van der Waals surface area contributed by atoms with Crippen molar-refractivity contribution >= 4 is 11.8 Å². The van der Waals surface area contributed by atoms with Crippen LogP contribution in [0.5, 0.6) is 11.5 Å². The summed E-state index contributed by atoms with van der Waals surface area (Å²) in [7, 11) is 3.10. The number of pyridine rings is 1. The predicted octanol–water partition coefficient (Wildman–Crippen LogP) is 2.27. The Morgan fingerprint density at radius 1 is 1.14 bits per heavy atom. The van der Waals surface area contributed by atoms with Crippen molar-refractivity contribution in [2.45, 2.75) is 19.4 Å². The number of piperidine rings is 1. The maximum Gasteiger partial charge on any atom is 0.253 e. The van der Waals surface area contributed by atoms with Gasteiger partial charge >= 0.3 is 0 Å². The predicted molar refractivity (Wildman–Crippen MR) is 104 cm³/mol. The molecule has 0 spiro atoms. The molecule has 28 heavy (non-hydrogen) atoms. The molecule has 1 N–H and O–H groups in total. The van der Waals surface area contributed by atoms with Crippen LogP contribution in [0, 0.1) is 5.92 Å². The number of likely N-dealkylation sites (tertiary alicyclic amines) is 1. The summed E-state index contributed by atoms with van der Waals surface area (Å²) >= 11 is 0. The van der Waals surface area contributed by atoms with Crippen LogP contribution in [0.25, 0.3) is 0 Å². The Balaban J connectivity index is 1.53. The summed E-state index contributed by atoms with van der Waals surface area (Å²) in [6.07, 6.45) is 4.75. The fraction of sp³-hybridized carbons (Fsp3) is 0.381. The van der Waals surface area contributed by atoms with E-state index in [0.717, 1.165) is 5.56 Å². The number of nitrogens with zero attached hydrogens (tertiary/aromatic N) is 2. The van der Waals surface area contributed by atoms with Gasteiger partial charge in [-0.05, 0) is 42.7 Å². The number of hydrogen-bond donors (Lipinski definition) is 1. The minimum absolute atomic E-state index is 0.0297. The molecule has 1 saturated heterocycles. The van der Waals surface area contributed by atoms with Crippen molar-refractivity contribution < 1.29 is 19.1 Å². The molecule has 0 bridgehead atoms. The largest absolute Gasteiger partial charge is 0.493 e. The fourth-order valence-electron chi connectivity index (χ4n) is 3.33. The molecule has 148 valence electrons. The van der Waals surface area contributed by atoms with E-state index in [4.69, 9.17) is 9.47 Å². The van der Waals surface area contributed by atoms with Crippen molar-refractivity contribution in [1.82, 2.24) is 15.2 Å². The van der Waals surface area contributed by atoms with E-state index in [1.165, 1.54) is 0 Å². The summed E-state index contributed by atoms with van der Waals surface area (Å²) in [4.78, 5) is 31.0. The molecule has 0 atom stereocenters. The van der Waals surface area contributed by atoms with Crippen LogP contribution in [0.15, 0.2) is 42.7 Å². The number of carbonyl (C=O) groups excluding carboxylic acids is 2. The van der Waals surface area contributed by atoms with E-state index in [-0.39, 0.29) is 17.7 Å². The topological polar surface area (TPSA) is 80.8 Å². The fourth-order valence-corrected chi connectivity index (χ4v) is 3.33. The zero-order chi connectivity index (χ0) is 19.9. The molecule has 1 aliphatic rings. The van der Waals surface area contributed by atoms with Gasteiger partial charge in [-0.25, -0.2) is 0 Å². The molecule has 2 aromatic rings. The molecular weight excluding hydrogens is 358 g/mol. The van der Waals surface area contributed by atoms with Gasteiger partial charge in [0.05, 0.1) is 14.2 Å². The van der Waals surface area contributed by atoms with Gasteiger partial charge in [0.1, 0.15) is 0 Å². The second-order valence-corrected chi connectivity index (χ2v) is 6.72. The van der Waals surface area contributed by atoms with Crippen molar-refractivity contribution in [2.75, 3.05) is 27.3 Å². The number of amides is 2. The van der Waals surface area contributed by atoms with Gasteiger partial charge in [0.25, 0.3) is 5.91 Å². The van der Waals surface area contributed by atoms with Crippen molar-refractivity contribution in [2.24, 2.45) is 5.92 Å². The van der Waals surface area contributed by atoms with Gasteiger partial charge in [-0.2, -0.15) is 0 Å². The number of benzene rings is 1. The Labute approximate surface area is 164 Å². The Bertz CT molecular complexity index is 818. The molecule has 1 aromatic heterocycles. The Morgan fingerprint density at radius 3 is 2.54 bits per heavy atom. The summed E-state index contributed by atoms with van der Waals surface area (Å²) in [5.74, 6) is 1.00. The molecule has 0 saturated carbocycles. The first-order valence-electron chi connectivity index (χ1n) is 9.30. The van der Waals surface area contributed by atoms with Gasteiger partial charge in [0.15, 0.2) is 11.5 Å². The highest BCUT2D eigenvalue weighted by Crippen LogP contribution is 2.28. The van der Waals surface area contributed by atoms with Gasteiger partial charge in [0, 0.05) is 43.5 Å². The molecule has 0 unspecified atom stereocenters. The van der Waals surface area contributed by atoms with E-state index >= 15 is 0 Å². The number of hydrogen-bond acceptors (Lipinski definition) is 5. The minimum Gasteiger partial charge on any atom is -0.493 e. The summed E-state index contributed by atoms with van der Waals surface area (Å²) in [5, 5.41) is 2.96. The maximum absolute atomic E-state index is 12.8. The molecule has 0 radical (unpaired) electrons. The molecule has 2 amide bonds. The number of methoxy groups -OCH3 is 2. The molecule has 0 aliphatic carbocycles. The van der Waals surface area contributed by atoms with E-state index in [1.807, 2.05) is 12.1 Å². The van der Waals surface area contributed by atoms with E-state index in [0.29, 0.717) is 49.5 Å². The summed E-state index contributed by atoms with van der Waals surface area (Å²) in [6.45, 7) is 1.58. The third-order valence-corrected chi connectivity index (χ3v) is 4.97. The first kappa shape index (κ1) is 19.7. The van der Waals surface area contributed by atoms with Crippen LogP contribution in [0.4, 0.5) is 0 Å². The van der Waals surface area contributed by atoms with E-state index in [1.54, 1.807) is 49.7 Å². The van der Waals surface area contributed by atoms with Crippen molar-refractivity contribution in [1.29, 1.82) is 0 Å². The average Bonchev–Trinajstić information content (AvgIpc) is 2.77. The molecule has 1 fully saturated rings. The summed E-state index contributed by atoms with van der Waals surface area (Å²) < 4.78 is 10.5. The van der Waals surface area contributed by atoms with Gasteiger partial charge < -0.3 is 19.7 Å². The highest BCUT2D eigenvalue weighted by molar-refractivity contribution is 5.95. The standard InChI is InChI=1S/C21H25N3O4/c1-27-18-6-5-17(12-19(18)28-2)21(26)24-10-7-16(8-11-24)20(25)23-14-15-4-3-9-22-13-15/h3-6,9,12-13,16H,7-8,10-11,14H2,1-2H3,(H,23,25). The van der Waals surface area contributed by atoms with Crippen LogP contribution in [-0.4, -0.2) is 49.0 Å². The zero-order valence-electron chi connectivity index (χ0n) is 16.2. The normalized spacial score (nSPS) is 14.4. The van der Waals surface area contributed by atoms with Crippen molar-refractivity contribution in [3.63, 3.8) is 0 Å². The zero-order valence-corrected chi connectivity index (χ0v) is 16.2. The maximum atomic E-state index is 12.8. The number of nitrogens with one attached hydrogen (secondary N) is 1. The number of ether oxygens (including phenoxy) is 2. The first-order valence-corrected chi connectivity index (χ1v) is 9.30. The minimum atomic E-state index is -0.0777. The molecule has 7 heteroatoms. The smallest absolute Gasteiger partial charge is 0.253 e. The monoisotopic (exact) mass is 383 g/mol. The molecule has 2 heterocycles. The first-order chi connectivity index (χ1) is 13.6. The Morgan fingerprint density at radius 2 is 1.89 bits per heavy atom. The number of rotatable bonds is 6. The van der Waals surface area contributed by atoms with Crippen LogP contribution in [0.2, 0.25) is 0 Å².